The first-order valence-electron chi connectivity index (χ1n) is 7.37. The van der Waals surface area contributed by atoms with Gasteiger partial charge in [-0.25, -0.2) is 0 Å². The number of halogens is 1. The van der Waals surface area contributed by atoms with Gasteiger partial charge in [0.15, 0.2) is 0 Å². The van der Waals surface area contributed by atoms with Gasteiger partial charge in [-0.05, 0) is 66.8 Å². The van der Waals surface area contributed by atoms with Crippen molar-refractivity contribution in [2.75, 3.05) is 24.3 Å². The SMILES string of the molecule is Cc1cc(N(C)C)ccc1NC1CCc2cc(Br)ccc21. The summed E-state index contributed by atoms with van der Waals surface area (Å²) < 4.78 is 1.17. The molecule has 0 aromatic heterocycles. The van der Waals surface area contributed by atoms with Crippen molar-refractivity contribution in [2.45, 2.75) is 25.8 Å². The van der Waals surface area contributed by atoms with Crippen LogP contribution in [0.15, 0.2) is 40.9 Å². The summed E-state index contributed by atoms with van der Waals surface area (Å²) in [4.78, 5) is 2.14. The summed E-state index contributed by atoms with van der Waals surface area (Å²) in [6.45, 7) is 2.17. The van der Waals surface area contributed by atoms with Crippen LogP contribution in [0.4, 0.5) is 11.4 Å². The van der Waals surface area contributed by atoms with Crippen LogP contribution in [0.2, 0.25) is 0 Å². The second kappa shape index (κ2) is 5.72. The van der Waals surface area contributed by atoms with E-state index in [1.807, 2.05) is 0 Å². The molecule has 0 saturated carbocycles. The molecule has 2 nitrogen and oxygen atoms in total. The summed E-state index contributed by atoms with van der Waals surface area (Å²) in [5.41, 5.74) is 6.68. The van der Waals surface area contributed by atoms with Gasteiger partial charge in [0.2, 0.25) is 0 Å². The Hall–Kier alpha value is -1.48. The molecule has 0 heterocycles. The maximum Gasteiger partial charge on any atom is 0.0519 e. The number of nitrogens with zero attached hydrogens (tertiary/aromatic N) is 1. The Morgan fingerprint density at radius 3 is 2.67 bits per heavy atom. The molecule has 1 atom stereocenters. The van der Waals surface area contributed by atoms with Crippen LogP contribution in [0.25, 0.3) is 0 Å². The third-order valence-electron chi connectivity index (χ3n) is 4.24. The number of hydrogen-bond donors (Lipinski definition) is 1. The van der Waals surface area contributed by atoms with Crippen LogP contribution in [-0.4, -0.2) is 14.1 Å². The van der Waals surface area contributed by atoms with E-state index in [0.717, 1.165) is 6.42 Å². The molecule has 0 amide bonds. The van der Waals surface area contributed by atoms with Crippen molar-refractivity contribution < 1.29 is 0 Å². The molecule has 2 aromatic rings. The molecule has 0 bridgehead atoms. The van der Waals surface area contributed by atoms with Crippen LogP contribution < -0.4 is 10.2 Å². The molecule has 0 spiro atoms. The van der Waals surface area contributed by atoms with Gasteiger partial charge in [0.05, 0.1) is 6.04 Å². The normalized spacial score (nSPS) is 16.7. The van der Waals surface area contributed by atoms with E-state index in [1.54, 1.807) is 0 Å². The van der Waals surface area contributed by atoms with Crippen molar-refractivity contribution in [3.8, 4) is 0 Å². The number of aryl methyl sites for hydroxylation is 2. The highest BCUT2D eigenvalue weighted by Crippen LogP contribution is 2.36. The van der Waals surface area contributed by atoms with Gasteiger partial charge in [-0.1, -0.05) is 22.0 Å². The first-order valence-corrected chi connectivity index (χ1v) is 8.17. The smallest absolute Gasteiger partial charge is 0.0519 e. The maximum atomic E-state index is 3.72. The molecule has 0 saturated heterocycles. The van der Waals surface area contributed by atoms with E-state index in [4.69, 9.17) is 0 Å². The number of benzene rings is 2. The summed E-state index contributed by atoms with van der Waals surface area (Å²) in [5.74, 6) is 0. The molecule has 3 rings (SSSR count). The van der Waals surface area contributed by atoms with Crippen molar-refractivity contribution >= 4 is 27.3 Å². The van der Waals surface area contributed by atoms with Crippen molar-refractivity contribution in [3.05, 3.63) is 57.6 Å². The molecule has 110 valence electrons. The minimum Gasteiger partial charge on any atom is -0.378 e. The monoisotopic (exact) mass is 344 g/mol. The Kier molecular flexibility index (Phi) is 3.94. The average Bonchev–Trinajstić information content (AvgIpc) is 2.83. The third kappa shape index (κ3) is 2.93. The average molecular weight is 345 g/mol. The van der Waals surface area contributed by atoms with E-state index < -0.39 is 0 Å². The first-order chi connectivity index (χ1) is 10.0. The Balaban J connectivity index is 1.83. The van der Waals surface area contributed by atoms with Gasteiger partial charge in [-0.3, -0.25) is 0 Å². The fourth-order valence-electron chi connectivity index (χ4n) is 3.01. The van der Waals surface area contributed by atoms with Crippen molar-refractivity contribution in [1.82, 2.24) is 0 Å². The Labute approximate surface area is 135 Å². The summed E-state index contributed by atoms with van der Waals surface area (Å²) >= 11 is 3.56. The molecule has 1 aliphatic carbocycles. The number of fused-ring (bicyclic) bond motifs is 1. The molecule has 0 aliphatic heterocycles. The second-order valence-corrected chi connectivity index (χ2v) is 6.89. The predicted octanol–water partition coefficient (Wildman–Crippen LogP) is 4.92. The van der Waals surface area contributed by atoms with Crippen LogP contribution >= 0.6 is 15.9 Å². The van der Waals surface area contributed by atoms with Gasteiger partial charge < -0.3 is 10.2 Å². The summed E-state index contributed by atoms with van der Waals surface area (Å²) in [6.07, 6.45) is 2.32. The van der Waals surface area contributed by atoms with Crippen LogP contribution in [-0.2, 0) is 6.42 Å². The van der Waals surface area contributed by atoms with Gasteiger partial charge in [0.25, 0.3) is 0 Å². The Morgan fingerprint density at radius 1 is 1.14 bits per heavy atom. The first kappa shape index (κ1) is 14.5. The highest BCUT2D eigenvalue weighted by Gasteiger charge is 2.22. The zero-order valence-corrected chi connectivity index (χ0v) is 14.4. The number of anilines is 2. The lowest BCUT2D eigenvalue weighted by Gasteiger charge is -2.20. The van der Waals surface area contributed by atoms with E-state index >= 15 is 0 Å². The van der Waals surface area contributed by atoms with Gasteiger partial charge in [0.1, 0.15) is 0 Å². The Bertz CT molecular complexity index is 664. The minimum absolute atomic E-state index is 0.428. The molecule has 3 heteroatoms. The highest BCUT2D eigenvalue weighted by atomic mass is 79.9. The number of hydrogen-bond acceptors (Lipinski definition) is 2. The maximum absolute atomic E-state index is 3.72. The van der Waals surface area contributed by atoms with Crippen LogP contribution in [0.3, 0.4) is 0 Å². The van der Waals surface area contributed by atoms with Crippen molar-refractivity contribution in [2.24, 2.45) is 0 Å². The topological polar surface area (TPSA) is 15.3 Å². The van der Waals surface area contributed by atoms with Gasteiger partial charge in [0, 0.05) is 29.9 Å². The fourth-order valence-corrected chi connectivity index (χ4v) is 3.42. The second-order valence-electron chi connectivity index (χ2n) is 5.97. The summed E-state index contributed by atoms with van der Waals surface area (Å²) in [5, 5.41) is 3.72. The standard InChI is InChI=1S/C18H21BrN2/c1-12-10-15(21(2)3)6-9-17(12)20-18-8-4-13-11-14(19)5-7-16(13)18/h5-7,9-11,18,20H,4,8H2,1-3H3. The molecule has 1 aliphatic rings. The predicted molar refractivity (Wildman–Crippen MR) is 94.3 cm³/mol. The van der Waals surface area contributed by atoms with Crippen LogP contribution in [0.5, 0.6) is 0 Å². The van der Waals surface area contributed by atoms with Crippen LogP contribution in [0.1, 0.15) is 29.2 Å². The number of rotatable bonds is 3. The molecule has 21 heavy (non-hydrogen) atoms. The minimum atomic E-state index is 0.428. The molecule has 2 aromatic carbocycles. The quantitative estimate of drug-likeness (QED) is 0.849. The lowest BCUT2D eigenvalue weighted by atomic mass is 10.1. The van der Waals surface area contributed by atoms with Crippen molar-refractivity contribution in [1.29, 1.82) is 0 Å². The lowest BCUT2D eigenvalue weighted by molar-refractivity contribution is 0.761. The highest BCUT2D eigenvalue weighted by molar-refractivity contribution is 9.10. The van der Waals surface area contributed by atoms with E-state index in [9.17, 15) is 0 Å². The largest absolute Gasteiger partial charge is 0.378 e. The molecular formula is C18H21BrN2. The van der Waals surface area contributed by atoms with E-state index in [2.05, 4.69) is 83.6 Å². The van der Waals surface area contributed by atoms with Gasteiger partial charge in [-0.2, -0.15) is 0 Å². The van der Waals surface area contributed by atoms with Crippen LogP contribution in [0, 0.1) is 6.92 Å². The molecule has 0 fully saturated rings. The molecular weight excluding hydrogens is 324 g/mol. The van der Waals surface area contributed by atoms with Crippen molar-refractivity contribution in [3.63, 3.8) is 0 Å². The number of nitrogens with one attached hydrogen (secondary N) is 1. The Morgan fingerprint density at radius 2 is 1.95 bits per heavy atom. The van der Waals surface area contributed by atoms with E-state index in [1.165, 1.54) is 39.0 Å². The fraction of sp³-hybridized carbons (Fsp3) is 0.333. The lowest BCUT2D eigenvalue weighted by Crippen LogP contribution is -2.11. The zero-order chi connectivity index (χ0) is 15.0. The summed E-state index contributed by atoms with van der Waals surface area (Å²) in [6, 6.07) is 13.7. The third-order valence-corrected chi connectivity index (χ3v) is 4.73. The molecule has 1 N–H and O–H groups in total. The molecule has 0 radical (unpaired) electrons. The van der Waals surface area contributed by atoms with E-state index in [0.29, 0.717) is 6.04 Å². The summed E-state index contributed by atoms with van der Waals surface area (Å²) in [7, 11) is 4.15. The van der Waals surface area contributed by atoms with Gasteiger partial charge >= 0.3 is 0 Å². The van der Waals surface area contributed by atoms with E-state index in [-0.39, 0.29) is 0 Å². The van der Waals surface area contributed by atoms with Gasteiger partial charge in [-0.15, -0.1) is 0 Å². The molecule has 1 unspecified atom stereocenters. The zero-order valence-electron chi connectivity index (χ0n) is 12.8.